The van der Waals surface area contributed by atoms with Crippen molar-refractivity contribution < 1.29 is 28.5 Å². The first-order valence-electron chi connectivity index (χ1n) is 0.667. The topological polar surface area (TPSA) is 216 Å². The second kappa shape index (κ2) is 16.2. The van der Waals surface area contributed by atoms with Crippen LogP contribution in [0.2, 0.25) is 0 Å². The van der Waals surface area contributed by atoms with Crippen LogP contribution in [0.1, 0.15) is 0 Å². The molecule has 0 saturated heterocycles. The van der Waals surface area contributed by atoms with Crippen LogP contribution in [0.15, 0.2) is 0 Å². The zero-order valence-electron chi connectivity index (χ0n) is 5.75. The van der Waals surface area contributed by atoms with E-state index in [1.807, 2.05) is 0 Å². The van der Waals surface area contributed by atoms with Crippen molar-refractivity contribution in [2.24, 2.45) is 0 Å². The maximum Gasteiger partial charge on any atom is 2.00 e. The Hall–Kier alpha value is 0.476. The molecule has 0 aliphatic carbocycles. The van der Waals surface area contributed by atoms with Gasteiger partial charge in [-0.2, -0.15) is 0 Å². The van der Waals surface area contributed by atoms with Crippen molar-refractivity contribution in [3.8, 4) is 0 Å². The summed E-state index contributed by atoms with van der Waals surface area (Å²) in [5.74, 6) is 0. The van der Waals surface area contributed by atoms with E-state index in [0.29, 0.717) is 0 Å². The van der Waals surface area contributed by atoms with Crippen LogP contribution in [0.3, 0.4) is 0 Å². The van der Waals surface area contributed by atoms with Crippen molar-refractivity contribution in [3.05, 3.63) is 0 Å². The summed E-state index contributed by atoms with van der Waals surface area (Å²) in [7, 11) is -5.17. The predicted octanol–water partition coefficient (Wildman–Crippen LogP) is -2.62. The quantitative estimate of drug-likeness (QED) is 0.239. The van der Waals surface area contributed by atoms with Crippen molar-refractivity contribution in [1.82, 2.24) is 12.3 Å². The Labute approximate surface area is 74.5 Å². The number of rotatable bonds is 0. The summed E-state index contributed by atoms with van der Waals surface area (Å²) < 4.78 is 34.1. The zero-order valence-corrected chi connectivity index (χ0v) is 7.98. The maximum atomic E-state index is 8.52. The fourth-order valence-electron chi connectivity index (χ4n) is 0. The molecule has 10 heavy (non-hydrogen) atoms. The molecule has 0 fully saturated rings. The maximum absolute atomic E-state index is 8.52. The van der Waals surface area contributed by atoms with E-state index in [1.54, 1.807) is 0 Å². The van der Waals surface area contributed by atoms with E-state index in [2.05, 4.69) is 0 Å². The summed E-state index contributed by atoms with van der Waals surface area (Å²) >= 11 is 0. The second-order valence-electron chi connectivity index (χ2n) is 0.408. The largest absolute Gasteiger partial charge is 2.00 e. The molecular formula is H12MgN2O6S+2. The van der Waals surface area contributed by atoms with Crippen LogP contribution in [0, 0.1) is 0 Å². The molecule has 0 unspecified atom stereocenters. The third-order valence-electron chi connectivity index (χ3n) is 0. The Morgan fingerprint density at radius 3 is 0.900 bits per heavy atom. The Bertz CT molecular complexity index is 98.9. The summed E-state index contributed by atoms with van der Waals surface area (Å²) in [6, 6.07) is 0. The summed E-state index contributed by atoms with van der Waals surface area (Å²) in [6.07, 6.45) is 0. The van der Waals surface area contributed by atoms with Gasteiger partial charge in [0, 0.05) is 10.4 Å². The van der Waals surface area contributed by atoms with Gasteiger partial charge >= 0.3 is 23.1 Å². The molecule has 0 spiro atoms. The predicted molar refractivity (Wildman–Crippen MR) is 35.4 cm³/mol. The van der Waals surface area contributed by atoms with E-state index < -0.39 is 10.4 Å². The van der Waals surface area contributed by atoms with Crippen LogP contribution in [0.5, 0.6) is 0 Å². The van der Waals surface area contributed by atoms with E-state index in [4.69, 9.17) is 17.5 Å². The SMILES string of the molecule is O.O.O=S(=O)([O-])[O-].[Mg+2].[NH4+].[NH4+]. The van der Waals surface area contributed by atoms with E-state index in [1.165, 1.54) is 0 Å². The van der Waals surface area contributed by atoms with E-state index in [0.717, 1.165) is 0 Å². The fraction of sp³-hybridized carbons (Fsp3) is 0. The fourth-order valence-corrected chi connectivity index (χ4v) is 0. The first kappa shape index (κ1) is 47.0. The molecule has 0 amide bonds. The number of hydrogen-bond donors (Lipinski definition) is 2. The molecule has 10 heteroatoms. The molecular weight excluding hydrogens is 180 g/mol. The molecule has 0 aromatic heterocycles. The Morgan fingerprint density at radius 2 is 0.900 bits per heavy atom. The summed E-state index contributed by atoms with van der Waals surface area (Å²) in [6.45, 7) is 0. The minimum Gasteiger partial charge on any atom is -0.759 e. The second-order valence-corrected chi connectivity index (χ2v) is 1.22. The third-order valence-corrected chi connectivity index (χ3v) is 0. The van der Waals surface area contributed by atoms with Gasteiger partial charge in [0.25, 0.3) is 0 Å². The van der Waals surface area contributed by atoms with Gasteiger partial charge in [-0.3, -0.25) is 8.42 Å². The average Bonchev–Trinajstić information content (AvgIpc) is 0.722. The molecule has 0 saturated carbocycles. The zero-order chi connectivity index (χ0) is 4.50. The molecule has 8 nitrogen and oxygen atoms in total. The minimum atomic E-state index is -5.17. The molecule has 0 aromatic carbocycles. The van der Waals surface area contributed by atoms with Gasteiger partial charge in [-0.05, 0) is 0 Å². The Balaban J connectivity index is -0.00000000800. The summed E-state index contributed by atoms with van der Waals surface area (Å²) in [5.41, 5.74) is 0. The van der Waals surface area contributed by atoms with Gasteiger partial charge in [0.15, 0.2) is 0 Å². The first-order chi connectivity index (χ1) is 2.00. The van der Waals surface area contributed by atoms with Gasteiger partial charge in [-0.25, -0.2) is 0 Å². The van der Waals surface area contributed by atoms with Crippen LogP contribution < -0.4 is 12.3 Å². The molecule has 0 radical (unpaired) electrons. The molecule has 0 heterocycles. The normalized spacial score (nSPS) is 5.80. The molecule has 0 aromatic rings. The summed E-state index contributed by atoms with van der Waals surface area (Å²) in [5, 5.41) is 0. The van der Waals surface area contributed by atoms with Gasteiger partial charge in [-0.1, -0.05) is 0 Å². The van der Waals surface area contributed by atoms with Gasteiger partial charge in [0.1, 0.15) is 0 Å². The molecule has 64 valence electrons. The van der Waals surface area contributed by atoms with Crippen LogP contribution in [0.4, 0.5) is 0 Å². The summed E-state index contributed by atoms with van der Waals surface area (Å²) in [4.78, 5) is 0. The van der Waals surface area contributed by atoms with Crippen LogP contribution >= 0.6 is 0 Å². The average molecular weight is 192 g/mol. The number of quaternary nitrogens is 2. The molecule has 0 atom stereocenters. The van der Waals surface area contributed by atoms with Crippen molar-refractivity contribution in [3.63, 3.8) is 0 Å². The van der Waals surface area contributed by atoms with Crippen LogP contribution in [-0.4, -0.2) is 51.5 Å². The van der Waals surface area contributed by atoms with Crippen molar-refractivity contribution in [2.45, 2.75) is 0 Å². The van der Waals surface area contributed by atoms with Crippen LogP contribution in [-0.2, 0) is 10.4 Å². The standard InChI is InChI=1S/Mg.2H3N.H2O4S.2H2O/c;;;1-5(2,3)4;;/h;2*1H3;(H2,1,2,3,4);2*1H2/q+2;;;;;. The van der Waals surface area contributed by atoms with E-state index in [-0.39, 0.29) is 46.3 Å². The third kappa shape index (κ3) is 2090. The Kier molecular flexibility index (Phi) is 76.2. The Morgan fingerprint density at radius 1 is 0.900 bits per heavy atom. The first-order valence-corrected chi connectivity index (χ1v) is 2.00. The van der Waals surface area contributed by atoms with Crippen molar-refractivity contribution in [1.29, 1.82) is 0 Å². The molecule has 0 rings (SSSR count). The number of hydrogen-bond acceptors (Lipinski definition) is 4. The van der Waals surface area contributed by atoms with Gasteiger partial charge in [0.2, 0.25) is 0 Å². The molecule has 12 N–H and O–H groups in total. The van der Waals surface area contributed by atoms with Crippen molar-refractivity contribution >= 4 is 33.5 Å². The van der Waals surface area contributed by atoms with E-state index >= 15 is 0 Å². The van der Waals surface area contributed by atoms with E-state index in [9.17, 15) is 0 Å². The van der Waals surface area contributed by atoms with Gasteiger partial charge in [0.05, 0.1) is 0 Å². The smallest absolute Gasteiger partial charge is 0.759 e. The van der Waals surface area contributed by atoms with Crippen molar-refractivity contribution in [2.75, 3.05) is 0 Å². The monoisotopic (exact) mass is 192 g/mol. The van der Waals surface area contributed by atoms with Gasteiger partial charge < -0.3 is 32.4 Å². The minimum absolute atomic E-state index is 0. The molecule has 0 bridgehead atoms. The molecule has 0 aliphatic heterocycles. The van der Waals surface area contributed by atoms with Gasteiger partial charge in [-0.15, -0.1) is 0 Å². The molecule has 0 aliphatic rings. The van der Waals surface area contributed by atoms with Crippen LogP contribution in [0.25, 0.3) is 0 Å².